The maximum Gasteiger partial charge on any atom is 0.337 e. The minimum absolute atomic E-state index is 0.297. The Balaban J connectivity index is 1.57. The molecule has 4 heteroatoms. The third-order valence-electron chi connectivity index (χ3n) is 4.95. The minimum atomic E-state index is -0.297. The largest absolute Gasteiger partial charge is 0.465 e. The monoisotopic (exact) mass is 364 g/mol. The van der Waals surface area contributed by atoms with Gasteiger partial charge in [-0.05, 0) is 54.9 Å². The van der Waals surface area contributed by atoms with Gasteiger partial charge >= 0.3 is 5.97 Å². The molecule has 3 rings (SSSR count). The zero-order valence-corrected chi connectivity index (χ0v) is 16.4. The molecule has 0 saturated heterocycles. The fourth-order valence-corrected chi connectivity index (χ4v) is 3.47. The molecule has 0 atom stereocenters. The van der Waals surface area contributed by atoms with E-state index in [4.69, 9.17) is 4.74 Å². The van der Waals surface area contributed by atoms with Crippen LogP contribution in [0.25, 0.3) is 5.57 Å². The fourth-order valence-electron chi connectivity index (χ4n) is 3.47. The van der Waals surface area contributed by atoms with Crippen LogP contribution in [0.5, 0.6) is 0 Å². The number of ether oxygens (including phenoxy) is 1. The summed E-state index contributed by atoms with van der Waals surface area (Å²) in [6.45, 7) is 3.89. The molecule has 0 amide bonds. The Morgan fingerprint density at radius 3 is 2.19 bits per heavy atom. The van der Waals surface area contributed by atoms with Crippen LogP contribution in [-0.2, 0) is 17.8 Å². The molecule has 1 aliphatic heterocycles. The van der Waals surface area contributed by atoms with Crippen LogP contribution in [-0.4, -0.2) is 50.1 Å². The highest BCUT2D eigenvalue weighted by atomic mass is 16.5. The van der Waals surface area contributed by atoms with Gasteiger partial charge in [-0.2, -0.15) is 0 Å². The lowest BCUT2D eigenvalue weighted by atomic mass is 10.00. The van der Waals surface area contributed by atoms with Crippen LogP contribution in [0.1, 0.15) is 33.5 Å². The summed E-state index contributed by atoms with van der Waals surface area (Å²) in [7, 11) is 5.69. The van der Waals surface area contributed by atoms with Gasteiger partial charge in [-0.15, -0.1) is 0 Å². The van der Waals surface area contributed by atoms with Gasteiger partial charge in [0.1, 0.15) is 0 Å². The molecule has 0 aromatic heterocycles. The van der Waals surface area contributed by atoms with E-state index in [0.29, 0.717) is 5.56 Å². The van der Waals surface area contributed by atoms with Crippen LogP contribution in [0, 0.1) is 0 Å². The average Bonchev–Trinajstić information content (AvgIpc) is 2.68. The van der Waals surface area contributed by atoms with Crippen molar-refractivity contribution < 1.29 is 9.53 Å². The molecule has 2 aromatic carbocycles. The second-order valence-corrected chi connectivity index (χ2v) is 7.31. The number of methoxy groups -OCH3 is 1. The summed E-state index contributed by atoms with van der Waals surface area (Å²) in [5.74, 6) is -0.297. The molecule has 27 heavy (non-hydrogen) atoms. The Bertz CT molecular complexity index is 794. The van der Waals surface area contributed by atoms with Gasteiger partial charge in [0.15, 0.2) is 0 Å². The number of benzene rings is 2. The molecule has 142 valence electrons. The zero-order valence-electron chi connectivity index (χ0n) is 16.4. The predicted octanol–water partition coefficient (Wildman–Crippen LogP) is 3.82. The molecule has 0 saturated carbocycles. The van der Waals surface area contributed by atoms with Crippen LogP contribution < -0.4 is 0 Å². The number of likely N-dealkylation sites (N-methyl/N-ethyl adjacent to an activating group) is 1. The standard InChI is InChI=1S/C23H28N2O2/c1-24-14-4-5-22(17-24)20-10-6-18(7-11-20)15-25(2)16-19-8-12-21(13-9-19)23(26)27-3/h5-13H,4,14-17H2,1-3H3. The third-order valence-corrected chi connectivity index (χ3v) is 4.95. The number of carbonyl (C=O) groups is 1. The van der Waals surface area contributed by atoms with E-state index in [1.165, 1.54) is 29.4 Å². The van der Waals surface area contributed by atoms with Crippen molar-refractivity contribution in [3.8, 4) is 0 Å². The van der Waals surface area contributed by atoms with Crippen molar-refractivity contribution in [1.82, 2.24) is 9.80 Å². The van der Waals surface area contributed by atoms with Crippen molar-refractivity contribution in [2.45, 2.75) is 19.5 Å². The normalized spacial score (nSPS) is 14.9. The number of rotatable bonds is 6. The first-order valence-corrected chi connectivity index (χ1v) is 9.38. The highest BCUT2D eigenvalue weighted by Gasteiger charge is 2.11. The number of carbonyl (C=O) groups excluding carboxylic acids is 1. The lowest BCUT2D eigenvalue weighted by molar-refractivity contribution is 0.0600. The highest BCUT2D eigenvalue weighted by molar-refractivity contribution is 5.89. The van der Waals surface area contributed by atoms with E-state index in [0.717, 1.165) is 32.6 Å². The first kappa shape index (κ1) is 19.3. The van der Waals surface area contributed by atoms with Crippen LogP contribution in [0.4, 0.5) is 0 Å². The van der Waals surface area contributed by atoms with Crippen LogP contribution in [0.3, 0.4) is 0 Å². The lowest BCUT2D eigenvalue weighted by Crippen LogP contribution is -2.24. The van der Waals surface area contributed by atoms with Crippen molar-refractivity contribution in [2.75, 3.05) is 34.3 Å². The number of esters is 1. The van der Waals surface area contributed by atoms with Gasteiger partial charge in [0.05, 0.1) is 12.7 Å². The predicted molar refractivity (Wildman–Crippen MR) is 109 cm³/mol. The van der Waals surface area contributed by atoms with Crippen molar-refractivity contribution in [1.29, 1.82) is 0 Å². The van der Waals surface area contributed by atoms with E-state index in [1.807, 2.05) is 24.3 Å². The number of hydrogen-bond acceptors (Lipinski definition) is 4. The summed E-state index contributed by atoms with van der Waals surface area (Å²) < 4.78 is 4.74. The summed E-state index contributed by atoms with van der Waals surface area (Å²) in [5.41, 5.74) is 5.82. The number of hydrogen-bond donors (Lipinski definition) is 0. The molecule has 0 bridgehead atoms. The maximum absolute atomic E-state index is 11.5. The van der Waals surface area contributed by atoms with Gasteiger partial charge in [0, 0.05) is 26.2 Å². The van der Waals surface area contributed by atoms with E-state index < -0.39 is 0 Å². The summed E-state index contributed by atoms with van der Waals surface area (Å²) in [5, 5.41) is 0. The van der Waals surface area contributed by atoms with E-state index in [-0.39, 0.29) is 5.97 Å². The van der Waals surface area contributed by atoms with Crippen molar-refractivity contribution in [3.05, 3.63) is 76.9 Å². The summed E-state index contributed by atoms with van der Waals surface area (Å²) in [6.07, 6.45) is 3.49. The first-order valence-electron chi connectivity index (χ1n) is 9.38. The molecule has 0 radical (unpaired) electrons. The van der Waals surface area contributed by atoms with Crippen LogP contribution in [0.15, 0.2) is 54.6 Å². The molecule has 0 unspecified atom stereocenters. The molecule has 0 spiro atoms. The number of nitrogens with zero attached hydrogens (tertiary/aromatic N) is 2. The fraction of sp³-hybridized carbons (Fsp3) is 0.348. The molecule has 0 aliphatic carbocycles. The van der Waals surface area contributed by atoms with Gasteiger partial charge in [0.25, 0.3) is 0 Å². The smallest absolute Gasteiger partial charge is 0.337 e. The van der Waals surface area contributed by atoms with Crippen molar-refractivity contribution >= 4 is 11.5 Å². The molecule has 0 N–H and O–H groups in total. The van der Waals surface area contributed by atoms with Crippen molar-refractivity contribution in [3.63, 3.8) is 0 Å². The Morgan fingerprint density at radius 1 is 1.04 bits per heavy atom. The summed E-state index contributed by atoms with van der Waals surface area (Å²) >= 11 is 0. The first-order chi connectivity index (χ1) is 13.0. The van der Waals surface area contributed by atoms with Gasteiger partial charge in [-0.1, -0.05) is 42.5 Å². The second kappa shape index (κ2) is 8.98. The van der Waals surface area contributed by atoms with E-state index in [2.05, 4.69) is 54.2 Å². The minimum Gasteiger partial charge on any atom is -0.465 e. The molecule has 1 heterocycles. The second-order valence-electron chi connectivity index (χ2n) is 7.31. The molecule has 0 fully saturated rings. The van der Waals surface area contributed by atoms with Gasteiger partial charge in [0.2, 0.25) is 0 Å². The van der Waals surface area contributed by atoms with Crippen molar-refractivity contribution in [2.24, 2.45) is 0 Å². The van der Waals surface area contributed by atoms with Gasteiger partial charge in [-0.25, -0.2) is 4.79 Å². The Hall–Kier alpha value is -2.43. The zero-order chi connectivity index (χ0) is 19.2. The van der Waals surface area contributed by atoms with E-state index in [9.17, 15) is 4.79 Å². The SMILES string of the molecule is COC(=O)c1ccc(CN(C)Cc2ccc(C3=CCCN(C)C3)cc2)cc1. The third kappa shape index (κ3) is 5.28. The van der Waals surface area contributed by atoms with E-state index >= 15 is 0 Å². The summed E-state index contributed by atoms with van der Waals surface area (Å²) in [4.78, 5) is 16.1. The molecule has 2 aromatic rings. The van der Waals surface area contributed by atoms with Gasteiger partial charge < -0.3 is 9.64 Å². The highest BCUT2D eigenvalue weighted by Crippen LogP contribution is 2.21. The average molecular weight is 364 g/mol. The van der Waals surface area contributed by atoms with Crippen LogP contribution in [0.2, 0.25) is 0 Å². The Labute approximate surface area is 162 Å². The maximum atomic E-state index is 11.5. The molecule has 1 aliphatic rings. The molecule has 4 nitrogen and oxygen atoms in total. The Kier molecular flexibility index (Phi) is 6.43. The van der Waals surface area contributed by atoms with Crippen LogP contribution >= 0.6 is 0 Å². The molecular formula is C23H28N2O2. The van der Waals surface area contributed by atoms with E-state index in [1.54, 1.807) is 0 Å². The topological polar surface area (TPSA) is 32.8 Å². The van der Waals surface area contributed by atoms with Gasteiger partial charge in [-0.3, -0.25) is 4.90 Å². The quantitative estimate of drug-likeness (QED) is 0.730. The molecular weight excluding hydrogens is 336 g/mol. The lowest BCUT2D eigenvalue weighted by Gasteiger charge is -2.23. The summed E-state index contributed by atoms with van der Waals surface area (Å²) in [6, 6.07) is 16.5. The Morgan fingerprint density at radius 2 is 1.63 bits per heavy atom.